The van der Waals surface area contributed by atoms with Crippen LogP contribution in [0.1, 0.15) is 25.1 Å². The van der Waals surface area contributed by atoms with Crippen LogP contribution in [0.2, 0.25) is 0 Å². The van der Waals surface area contributed by atoms with Crippen molar-refractivity contribution in [3.63, 3.8) is 0 Å². The molecule has 0 saturated heterocycles. The first-order chi connectivity index (χ1) is 6.40. The molecule has 0 aromatic carbocycles. The zero-order valence-electron chi connectivity index (χ0n) is 8.09. The first-order valence-corrected chi connectivity index (χ1v) is 5.05. The number of nitrogens with zero attached hydrogens (tertiary/aromatic N) is 1. The fourth-order valence-corrected chi connectivity index (χ4v) is 1.96. The van der Waals surface area contributed by atoms with Gasteiger partial charge < -0.3 is 10.3 Å². The zero-order chi connectivity index (χ0) is 9.10. The molecule has 1 heterocycles. The second-order valence-corrected chi connectivity index (χ2v) is 3.83. The van der Waals surface area contributed by atoms with E-state index in [1.54, 1.807) is 0 Å². The minimum absolute atomic E-state index is 0.611. The van der Waals surface area contributed by atoms with Gasteiger partial charge in [-0.05, 0) is 25.8 Å². The summed E-state index contributed by atoms with van der Waals surface area (Å²) in [6, 6.07) is 0.611. The van der Waals surface area contributed by atoms with Crippen LogP contribution in [0, 0.1) is 5.92 Å². The number of H-pyrrole nitrogens is 1. The van der Waals surface area contributed by atoms with Crippen molar-refractivity contribution in [2.45, 2.75) is 31.7 Å². The molecule has 1 aliphatic carbocycles. The normalized spacial score (nSPS) is 19.8. The van der Waals surface area contributed by atoms with Crippen LogP contribution >= 0.6 is 0 Å². The number of hydrogen-bond donors (Lipinski definition) is 2. The fourth-order valence-electron chi connectivity index (χ4n) is 1.96. The minimum atomic E-state index is 0.611. The highest BCUT2D eigenvalue weighted by molar-refractivity contribution is 4.94. The van der Waals surface area contributed by atoms with Crippen LogP contribution in [0.4, 0.5) is 0 Å². The number of hydrogen-bond acceptors (Lipinski definition) is 2. The van der Waals surface area contributed by atoms with Gasteiger partial charge in [-0.2, -0.15) is 0 Å². The average molecular weight is 179 g/mol. The lowest BCUT2D eigenvalue weighted by molar-refractivity contribution is 0.234. The molecule has 1 saturated carbocycles. The van der Waals surface area contributed by atoms with Crippen LogP contribution in [-0.2, 0) is 6.42 Å². The van der Waals surface area contributed by atoms with Crippen molar-refractivity contribution in [3.05, 3.63) is 18.2 Å². The largest absolute Gasteiger partial charge is 0.349 e. The van der Waals surface area contributed by atoms with Crippen molar-refractivity contribution in [2.24, 2.45) is 5.92 Å². The fraction of sp³-hybridized carbons (Fsp3) is 0.700. The Bertz CT molecular complexity index is 239. The highest BCUT2D eigenvalue weighted by Gasteiger charge is 2.26. The van der Waals surface area contributed by atoms with E-state index in [9.17, 15) is 0 Å². The van der Waals surface area contributed by atoms with Crippen molar-refractivity contribution < 1.29 is 0 Å². The molecule has 2 N–H and O–H groups in total. The summed E-state index contributed by atoms with van der Waals surface area (Å²) in [5, 5.41) is 3.38. The highest BCUT2D eigenvalue weighted by atomic mass is 14.9. The molecule has 3 nitrogen and oxygen atoms in total. The van der Waals surface area contributed by atoms with E-state index in [2.05, 4.69) is 15.3 Å². The van der Waals surface area contributed by atoms with Gasteiger partial charge in [-0.25, -0.2) is 4.98 Å². The van der Waals surface area contributed by atoms with Crippen LogP contribution in [0.3, 0.4) is 0 Å². The molecule has 0 aliphatic heterocycles. The van der Waals surface area contributed by atoms with Gasteiger partial charge >= 0.3 is 0 Å². The maximum Gasteiger partial charge on any atom is 0.107 e. The highest BCUT2D eigenvalue weighted by Crippen LogP contribution is 2.30. The van der Waals surface area contributed by atoms with Crippen molar-refractivity contribution in [3.8, 4) is 0 Å². The van der Waals surface area contributed by atoms with Gasteiger partial charge in [-0.3, -0.25) is 0 Å². The monoisotopic (exact) mass is 179 g/mol. The van der Waals surface area contributed by atoms with Crippen LogP contribution in [0.5, 0.6) is 0 Å². The molecule has 1 atom stereocenters. The SMILES string of the molecule is CNC(Cc1ncc[nH]1)C1CCC1. The lowest BCUT2D eigenvalue weighted by Crippen LogP contribution is -2.39. The summed E-state index contributed by atoms with van der Waals surface area (Å²) in [5.74, 6) is 1.97. The Morgan fingerprint density at radius 2 is 2.54 bits per heavy atom. The average Bonchev–Trinajstić information content (AvgIpc) is 2.52. The van der Waals surface area contributed by atoms with E-state index in [0.29, 0.717) is 6.04 Å². The molecule has 0 bridgehead atoms. The first-order valence-electron chi connectivity index (χ1n) is 5.05. The van der Waals surface area contributed by atoms with Gasteiger partial charge in [0.2, 0.25) is 0 Å². The quantitative estimate of drug-likeness (QED) is 0.732. The summed E-state index contributed by atoms with van der Waals surface area (Å²) in [6.45, 7) is 0. The minimum Gasteiger partial charge on any atom is -0.349 e. The van der Waals surface area contributed by atoms with Crippen molar-refractivity contribution in [2.75, 3.05) is 7.05 Å². The predicted molar refractivity (Wildman–Crippen MR) is 52.5 cm³/mol. The standard InChI is InChI=1S/C10H17N3/c1-11-9(8-3-2-4-8)7-10-12-5-6-13-10/h5-6,8-9,11H,2-4,7H2,1H3,(H,12,13). The summed E-state index contributed by atoms with van der Waals surface area (Å²) in [5.41, 5.74) is 0. The molecular formula is C10H17N3. The van der Waals surface area contributed by atoms with E-state index in [1.165, 1.54) is 19.3 Å². The van der Waals surface area contributed by atoms with Crippen molar-refractivity contribution in [1.29, 1.82) is 0 Å². The van der Waals surface area contributed by atoms with Crippen LogP contribution in [0.25, 0.3) is 0 Å². The maximum absolute atomic E-state index is 4.25. The smallest absolute Gasteiger partial charge is 0.107 e. The number of nitrogens with one attached hydrogen (secondary N) is 2. The van der Waals surface area contributed by atoms with Gasteiger partial charge in [0, 0.05) is 24.9 Å². The van der Waals surface area contributed by atoms with Crippen LogP contribution < -0.4 is 5.32 Å². The Morgan fingerprint density at radius 1 is 1.69 bits per heavy atom. The molecule has 1 aromatic rings. The van der Waals surface area contributed by atoms with E-state index in [1.807, 2.05) is 19.4 Å². The molecule has 1 aliphatic rings. The lowest BCUT2D eigenvalue weighted by atomic mass is 9.78. The van der Waals surface area contributed by atoms with Crippen LogP contribution in [-0.4, -0.2) is 23.1 Å². The maximum atomic E-state index is 4.25. The Morgan fingerprint density at radius 3 is 3.00 bits per heavy atom. The van der Waals surface area contributed by atoms with E-state index >= 15 is 0 Å². The Labute approximate surface area is 79.0 Å². The van der Waals surface area contributed by atoms with Gasteiger partial charge in [0.1, 0.15) is 5.82 Å². The third kappa shape index (κ3) is 1.91. The summed E-state index contributed by atoms with van der Waals surface area (Å²) >= 11 is 0. The molecule has 1 aromatic heterocycles. The summed E-state index contributed by atoms with van der Waals surface area (Å²) < 4.78 is 0. The molecule has 0 spiro atoms. The van der Waals surface area contributed by atoms with Gasteiger partial charge in [0.25, 0.3) is 0 Å². The molecule has 1 unspecified atom stereocenters. The van der Waals surface area contributed by atoms with Crippen LogP contribution in [0.15, 0.2) is 12.4 Å². The molecule has 0 radical (unpaired) electrons. The molecular weight excluding hydrogens is 162 g/mol. The van der Waals surface area contributed by atoms with Gasteiger partial charge in [0.15, 0.2) is 0 Å². The van der Waals surface area contributed by atoms with Crippen molar-refractivity contribution >= 4 is 0 Å². The van der Waals surface area contributed by atoms with Gasteiger partial charge in [-0.1, -0.05) is 6.42 Å². The third-order valence-electron chi connectivity index (χ3n) is 3.06. The number of likely N-dealkylation sites (N-methyl/N-ethyl adjacent to an activating group) is 1. The van der Waals surface area contributed by atoms with E-state index < -0.39 is 0 Å². The Balaban J connectivity index is 1.90. The second-order valence-electron chi connectivity index (χ2n) is 3.83. The summed E-state index contributed by atoms with van der Waals surface area (Å²) in [7, 11) is 2.05. The number of aromatic nitrogens is 2. The van der Waals surface area contributed by atoms with E-state index in [4.69, 9.17) is 0 Å². The molecule has 13 heavy (non-hydrogen) atoms. The van der Waals surface area contributed by atoms with Gasteiger partial charge in [-0.15, -0.1) is 0 Å². The number of aromatic amines is 1. The molecule has 2 rings (SSSR count). The zero-order valence-corrected chi connectivity index (χ0v) is 8.09. The van der Waals surface area contributed by atoms with E-state index in [0.717, 1.165) is 18.2 Å². The van der Waals surface area contributed by atoms with Gasteiger partial charge in [0.05, 0.1) is 0 Å². The molecule has 72 valence electrons. The second kappa shape index (κ2) is 3.92. The lowest BCUT2D eigenvalue weighted by Gasteiger charge is -2.33. The summed E-state index contributed by atoms with van der Waals surface area (Å²) in [6.07, 6.45) is 8.92. The third-order valence-corrected chi connectivity index (χ3v) is 3.06. The first kappa shape index (κ1) is 8.75. The predicted octanol–water partition coefficient (Wildman–Crippen LogP) is 1.34. The number of imidazole rings is 1. The summed E-state index contributed by atoms with van der Waals surface area (Å²) in [4.78, 5) is 7.40. The number of rotatable bonds is 4. The van der Waals surface area contributed by atoms with Crippen molar-refractivity contribution in [1.82, 2.24) is 15.3 Å². The topological polar surface area (TPSA) is 40.7 Å². The molecule has 1 fully saturated rings. The Hall–Kier alpha value is -0.830. The Kier molecular flexibility index (Phi) is 2.64. The van der Waals surface area contributed by atoms with E-state index in [-0.39, 0.29) is 0 Å². The molecule has 0 amide bonds. The molecule has 3 heteroatoms.